The SMILES string of the molecule is COc1ccc(-c2cn3c(=O)[nH]c4c(c3n2)CN(C(=O)c2ccccc2)CC4)cc1. The summed E-state index contributed by atoms with van der Waals surface area (Å²) >= 11 is 0. The van der Waals surface area contributed by atoms with Gasteiger partial charge in [0.15, 0.2) is 0 Å². The summed E-state index contributed by atoms with van der Waals surface area (Å²) in [4.78, 5) is 35.0. The Kier molecular flexibility index (Phi) is 4.35. The summed E-state index contributed by atoms with van der Waals surface area (Å²) in [5.41, 5.74) is 4.33. The number of nitrogens with one attached hydrogen (secondary N) is 1. The first-order valence-corrected chi connectivity index (χ1v) is 9.76. The van der Waals surface area contributed by atoms with E-state index in [4.69, 9.17) is 9.72 Å². The van der Waals surface area contributed by atoms with Gasteiger partial charge in [-0.05, 0) is 36.4 Å². The molecule has 0 saturated heterocycles. The molecule has 7 nitrogen and oxygen atoms in total. The number of ether oxygens (including phenoxy) is 1. The number of nitrogens with zero attached hydrogens (tertiary/aromatic N) is 3. The number of hydrogen-bond donors (Lipinski definition) is 1. The number of carbonyl (C=O) groups excluding carboxylic acids is 1. The molecule has 0 bridgehead atoms. The van der Waals surface area contributed by atoms with E-state index in [-0.39, 0.29) is 11.6 Å². The topological polar surface area (TPSA) is 79.7 Å². The van der Waals surface area contributed by atoms with E-state index >= 15 is 0 Å². The van der Waals surface area contributed by atoms with Crippen LogP contribution in [0.5, 0.6) is 5.75 Å². The highest BCUT2D eigenvalue weighted by Gasteiger charge is 2.26. The standard InChI is InChI=1S/C23H20N4O3/c1-30-17-9-7-15(8-10-17)20-14-27-21(24-20)18-13-26(12-11-19(18)25-23(27)29)22(28)16-5-3-2-4-6-16/h2-10,14H,11-13H2,1H3,(H,25,29). The molecule has 0 spiro atoms. The van der Waals surface area contributed by atoms with Gasteiger partial charge in [-0.15, -0.1) is 0 Å². The number of carbonyl (C=O) groups is 1. The molecule has 4 aromatic rings. The van der Waals surface area contributed by atoms with E-state index in [9.17, 15) is 9.59 Å². The minimum absolute atomic E-state index is 0.0208. The highest BCUT2D eigenvalue weighted by atomic mass is 16.5. The highest BCUT2D eigenvalue weighted by Crippen LogP contribution is 2.26. The summed E-state index contributed by atoms with van der Waals surface area (Å²) < 4.78 is 6.73. The van der Waals surface area contributed by atoms with Crippen molar-refractivity contribution < 1.29 is 9.53 Å². The van der Waals surface area contributed by atoms with Gasteiger partial charge in [0.25, 0.3) is 5.91 Å². The monoisotopic (exact) mass is 400 g/mol. The fraction of sp³-hybridized carbons (Fsp3) is 0.174. The van der Waals surface area contributed by atoms with Gasteiger partial charge < -0.3 is 14.6 Å². The molecule has 0 radical (unpaired) electrons. The van der Waals surface area contributed by atoms with E-state index in [1.165, 1.54) is 4.40 Å². The third-order valence-corrected chi connectivity index (χ3v) is 5.49. The van der Waals surface area contributed by atoms with Crippen LogP contribution in [-0.2, 0) is 13.0 Å². The van der Waals surface area contributed by atoms with Crippen molar-refractivity contribution in [3.05, 3.63) is 88.1 Å². The molecule has 1 N–H and O–H groups in total. The number of imidazole rings is 1. The van der Waals surface area contributed by atoms with Gasteiger partial charge in [0.1, 0.15) is 11.4 Å². The normalized spacial score (nSPS) is 13.3. The second-order valence-electron chi connectivity index (χ2n) is 7.28. The van der Waals surface area contributed by atoms with Crippen LogP contribution >= 0.6 is 0 Å². The quantitative estimate of drug-likeness (QED) is 0.574. The Morgan fingerprint density at radius 2 is 1.87 bits per heavy atom. The van der Waals surface area contributed by atoms with E-state index < -0.39 is 0 Å². The zero-order valence-corrected chi connectivity index (χ0v) is 16.5. The molecule has 0 saturated carbocycles. The van der Waals surface area contributed by atoms with Crippen LogP contribution in [0.1, 0.15) is 21.6 Å². The average Bonchev–Trinajstić information content (AvgIpc) is 3.26. The molecule has 2 aromatic heterocycles. The van der Waals surface area contributed by atoms with Crippen molar-refractivity contribution in [1.29, 1.82) is 0 Å². The van der Waals surface area contributed by atoms with E-state index in [2.05, 4.69) is 4.98 Å². The molecule has 2 aromatic carbocycles. The molecule has 0 atom stereocenters. The number of fused-ring (bicyclic) bond motifs is 3. The first kappa shape index (κ1) is 18.2. The molecule has 0 aliphatic carbocycles. The van der Waals surface area contributed by atoms with Gasteiger partial charge in [-0.25, -0.2) is 9.78 Å². The summed E-state index contributed by atoms with van der Waals surface area (Å²) in [7, 11) is 1.62. The number of rotatable bonds is 3. The molecule has 30 heavy (non-hydrogen) atoms. The summed E-state index contributed by atoms with van der Waals surface area (Å²) in [6.45, 7) is 0.960. The van der Waals surface area contributed by atoms with Crippen molar-refractivity contribution in [3.8, 4) is 17.0 Å². The fourth-order valence-corrected chi connectivity index (χ4v) is 3.88. The van der Waals surface area contributed by atoms with Crippen LogP contribution in [0.2, 0.25) is 0 Å². The van der Waals surface area contributed by atoms with E-state index in [1.54, 1.807) is 18.2 Å². The van der Waals surface area contributed by atoms with Crippen LogP contribution in [0.3, 0.4) is 0 Å². The molecule has 1 amide bonds. The van der Waals surface area contributed by atoms with Crippen LogP contribution in [0.4, 0.5) is 0 Å². The van der Waals surface area contributed by atoms with Gasteiger partial charge in [-0.1, -0.05) is 18.2 Å². The number of amides is 1. The van der Waals surface area contributed by atoms with Gasteiger partial charge in [0.05, 0.1) is 19.3 Å². The van der Waals surface area contributed by atoms with Crippen LogP contribution in [0.15, 0.2) is 65.6 Å². The summed E-state index contributed by atoms with van der Waals surface area (Å²) in [5.74, 6) is 0.736. The molecule has 3 heterocycles. The Morgan fingerprint density at radius 3 is 2.60 bits per heavy atom. The second kappa shape index (κ2) is 7.18. The van der Waals surface area contributed by atoms with Crippen LogP contribution < -0.4 is 10.4 Å². The Morgan fingerprint density at radius 1 is 1.10 bits per heavy atom. The highest BCUT2D eigenvalue weighted by molar-refractivity contribution is 5.94. The van der Waals surface area contributed by atoms with Crippen molar-refractivity contribution >= 4 is 11.6 Å². The van der Waals surface area contributed by atoms with Crippen molar-refractivity contribution in [2.24, 2.45) is 0 Å². The minimum atomic E-state index is -0.223. The predicted molar refractivity (Wildman–Crippen MR) is 113 cm³/mol. The first-order valence-electron chi connectivity index (χ1n) is 9.76. The number of aromatic nitrogens is 3. The van der Waals surface area contributed by atoms with Crippen molar-refractivity contribution in [2.75, 3.05) is 13.7 Å². The van der Waals surface area contributed by atoms with Crippen LogP contribution in [-0.4, -0.2) is 38.8 Å². The number of hydrogen-bond acceptors (Lipinski definition) is 4. The fourth-order valence-electron chi connectivity index (χ4n) is 3.88. The lowest BCUT2D eigenvalue weighted by Gasteiger charge is -2.28. The van der Waals surface area contributed by atoms with Crippen LogP contribution in [0.25, 0.3) is 16.9 Å². The summed E-state index contributed by atoms with van der Waals surface area (Å²) in [5, 5.41) is 0. The van der Waals surface area contributed by atoms with E-state index in [0.29, 0.717) is 36.4 Å². The molecule has 1 aliphatic heterocycles. The second-order valence-corrected chi connectivity index (χ2v) is 7.28. The van der Waals surface area contributed by atoms with Crippen molar-refractivity contribution in [1.82, 2.24) is 19.3 Å². The minimum Gasteiger partial charge on any atom is -0.497 e. The molecule has 1 aliphatic rings. The van der Waals surface area contributed by atoms with Crippen LogP contribution in [0, 0.1) is 0 Å². The average molecular weight is 400 g/mol. The number of H-pyrrole nitrogens is 1. The number of aromatic amines is 1. The molecule has 0 fully saturated rings. The zero-order valence-electron chi connectivity index (χ0n) is 16.5. The first-order chi connectivity index (χ1) is 14.6. The Bertz CT molecular complexity index is 1290. The van der Waals surface area contributed by atoms with E-state index in [0.717, 1.165) is 22.6 Å². The van der Waals surface area contributed by atoms with E-state index in [1.807, 2.05) is 54.6 Å². The molecule has 5 rings (SSSR count). The lowest BCUT2D eigenvalue weighted by Crippen LogP contribution is -2.38. The lowest BCUT2D eigenvalue weighted by molar-refractivity contribution is 0.0734. The molecule has 150 valence electrons. The summed E-state index contributed by atoms with van der Waals surface area (Å²) in [6, 6.07) is 16.8. The van der Waals surface area contributed by atoms with Crippen molar-refractivity contribution in [3.63, 3.8) is 0 Å². The lowest BCUT2D eigenvalue weighted by atomic mass is 10.1. The molecule has 7 heteroatoms. The third-order valence-electron chi connectivity index (χ3n) is 5.49. The van der Waals surface area contributed by atoms with Crippen molar-refractivity contribution in [2.45, 2.75) is 13.0 Å². The molecular weight excluding hydrogens is 380 g/mol. The van der Waals surface area contributed by atoms with Gasteiger partial charge in [0.2, 0.25) is 0 Å². The maximum absolute atomic E-state index is 12.9. The summed E-state index contributed by atoms with van der Waals surface area (Å²) in [6.07, 6.45) is 2.32. The molecular formula is C23H20N4O3. The van der Waals surface area contributed by atoms with Gasteiger partial charge >= 0.3 is 5.69 Å². The predicted octanol–water partition coefficient (Wildman–Crippen LogP) is 2.90. The van der Waals surface area contributed by atoms with Gasteiger partial charge in [-0.3, -0.25) is 9.20 Å². The van der Waals surface area contributed by atoms with Gasteiger partial charge in [-0.2, -0.15) is 0 Å². The Labute approximate surface area is 172 Å². The maximum atomic E-state index is 12.9. The van der Waals surface area contributed by atoms with Gasteiger partial charge in [0, 0.05) is 41.5 Å². The number of methoxy groups -OCH3 is 1. The largest absolute Gasteiger partial charge is 0.497 e. The third kappa shape index (κ3) is 3.04. The number of benzene rings is 2. The maximum Gasteiger partial charge on any atom is 0.331 e. The molecule has 0 unspecified atom stereocenters. The Balaban J connectivity index is 1.55. The Hall–Kier alpha value is -3.87. The smallest absolute Gasteiger partial charge is 0.331 e. The zero-order chi connectivity index (χ0) is 20.7.